The van der Waals surface area contributed by atoms with Gasteiger partial charge in [0.05, 0.1) is 18.4 Å². The number of rotatable bonds is 8. The number of aliphatic carboxylic acids is 1. The molecule has 0 heterocycles. The van der Waals surface area contributed by atoms with Crippen molar-refractivity contribution in [3.63, 3.8) is 0 Å². The topological polar surface area (TPSA) is 78.9 Å². The van der Waals surface area contributed by atoms with Crippen LogP contribution in [-0.2, 0) is 14.3 Å². The lowest BCUT2D eigenvalue weighted by molar-refractivity contribution is -0.147. The third-order valence-corrected chi connectivity index (χ3v) is 4.52. The summed E-state index contributed by atoms with van der Waals surface area (Å²) in [5, 5.41) is 12.2. The number of likely N-dealkylation sites (N-methyl/N-ethyl adjacent to an activating group) is 1. The summed E-state index contributed by atoms with van der Waals surface area (Å²) in [6, 6.07) is 0. The van der Waals surface area contributed by atoms with Crippen molar-refractivity contribution in [3.05, 3.63) is 12.2 Å². The molecule has 6 nitrogen and oxygen atoms in total. The number of carboxylic acid groups (broad SMARTS) is 1. The van der Waals surface area contributed by atoms with Gasteiger partial charge in [-0.3, -0.25) is 9.59 Å². The fourth-order valence-corrected chi connectivity index (χ4v) is 3.36. The molecule has 0 spiro atoms. The summed E-state index contributed by atoms with van der Waals surface area (Å²) in [6.07, 6.45) is 4.74. The predicted molar refractivity (Wildman–Crippen MR) is 77.7 cm³/mol. The Morgan fingerprint density at radius 2 is 1.95 bits per heavy atom. The number of carboxylic acids is 1. The lowest BCUT2D eigenvalue weighted by atomic mass is 9.82. The molecule has 21 heavy (non-hydrogen) atoms. The van der Waals surface area contributed by atoms with Crippen molar-refractivity contribution in [3.8, 4) is 0 Å². The van der Waals surface area contributed by atoms with Crippen LogP contribution in [-0.4, -0.2) is 62.3 Å². The summed E-state index contributed by atoms with van der Waals surface area (Å²) in [5.41, 5.74) is 0. The first-order valence-corrected chi connectivity index (χ1v) is 7.41. The average molecular weight is 296 g/mol. The molecular weight excluding hydrogens is 272 g/mol. The molecule has 4 atom stereocenters. The molecule has 2 aliphatic rings. The monoisotopic (exact) mass is 296 g/mol. The van der Waals surface area contributed by atoms with Gasteiger partial charge in [-0.1, -0.05) is 12.2 Å². The van der Waals surface area contributed by atoms with Gasteiger partial charge in [-0.05, 0) is 25.3 Å². The number of methoxy groups -OCH3 is 1. The normalized spacial score (nSPS) is 30.0. The minimum atomic E-state index is -0.857. The summed E-state index contributed by atoms with van der Waals surface area (Å²) >= 11 is 0. The standard InChI is InChI=1S/C15H24N2O4/c1-17(7-8-21-2)6-5-16-14(18)12-10-3-4-11(9-10)13(12)15(19)20/h3-4,10-13H,5-9H2,1-2H3,(H,16,18)(H,19,20)/t10?,11?,12-,13+/m0/s1. The van der Waals surface area contributed by atoms with E-state index in [0.717, 1.165) is 19.5 Å². The van der Waals surface area contributed by atoms with Gasteiger partial charge < -0.3 is 20.1 Å². The van der Waals surface area contributed by atoms with Crippen LogP contribution in [0.2, 0.25) is 0 Å². The van der Waals surface area contributed by atoms with Crippen molar-refractivity contribution < 1.29 is 19.4 Å². The number of carbonyl (C=O) groups is 2. The highest BCUT2D eigenvalue weighted by molar-refractivity contribution is 5.86. The Morgan fingerprint density at radius 1 is 1.29 bits per heavy atom. The molecule has 0 aromatic carbocycles. The third kappa shape index (κ3) is 3.63. The van der Waals surface area contributed by atoms with Gasteiger partial charge in [-0.25, -0.2) is 0 Å². The molecule has 1 saturated carbocycles. The second kappa shape index (κ2) is 7.04. The summed E-state index contributed by atoms with van der Waals surface area (Å²) in [6.45, 7) is 2.72. The van der Waals surface area contributed by atoms with Gasteiger partial charge in [-0.15, -0.1) is 0 Å². The fourth-order valence-electron chi connectivity index (χ4n) is 3.36. The van der Waals surface area contributed by atoms with E-state index in [1.807, 2.05) is 19.2 Å². The van der Waals surface area contributed by atoms with Gasteiger partial charge in [0.2, 0.25) is 5.91 Å². The number of fused-ring (bicyclic) bond motifs is 2. The van der Waals surface area contributed by atoms with E-state index < -0.39 is 17.8 Å². The number of allylic oxidation sites excluding steroid dienone is 2. The van der Waals surface area contributed by atoms with Gasteiger partial charge >= 0.3 is 5.97 Å². The molecule has 0 aliphatic heterocycles. The van der Waals surface area contributed by atoms with E-state index in [9.17, 15) is 14.7 Å². The highest BCUT2D eigenvalue weighted by atomic mass is 16.5. The maximum absolute atomic E-state index is 12.3. The number of carbonyl (C=O) groups excluding carboxylic acids is 1. The maximum Gasteiger partial charge on any atom is 0.307 e. The zero-order chi connectivity index (χ0) is 15.4. The molecular formula is C15H24N2O4. The molecule has 0 saturated heterocycles. The van der Waals surface area contributed by atoms with Crippen molar-refractivity contribution in [1.29, 1.82) is 0 Å². The number of hydrogen-bond acceptors (Lipinski definition) is 4. The SMILES string of the molecule is COCCN(C)CCNC(=O)[C@H]1C2C=CC(C2)[C@H]1C(=O)O. The second-order valence-corrected chi connectivity index (χ2v) is 5.93. The van der Waals surface area contributed by atoms with E-state index in [4.69, 9.17) is 4.74 Å². The van der Waals surface area contributed by atoms with Crippen molar-refractivity contribution in [1.82, 2.24) is 10.2 Å². The molecule has 1 fully saturated rings. The molecule has 0 radical (unpaired) electrons. The van der Waals surface area contributed by atoms with Crippen LogP contribution in [0.4, 0.5) is 0 Å². The van der Waals surface area contributed by atoms with E-state index in [0.29, 0.717) is 13.2 Å². The lowest BCUT2D eigenvalue weighted by Gasteiger charge is -2.24. The van der Waals surface area contributed by atoms with Gasteiger partial charge in [0.25, 0.3) is 0 Å². The van der Waals surface area contributed by atoms with Crippen LogP contribution in [0.25, 0.3) is 0 Å². The molecule has 0 aromatic heterocycles. The number of nitrogens with one attached hydrogen (secondary N) is 1. The van der Waals surface area contributed by atoms with Gasteiger partial charge in [-0.2, -0.15) is 0 Å². The Balaban J connectivity index is 1.80. The average Bonchev–Trinajstić information content (AvgIpc) is 3.05. The summed E-state index contributed by atoms with van der Waals surface area (Å²) < 4.78 is 4.99. The highest BCUT2D eigenvalue weighted by Gasteiger charge is 2.51. The van der Waals surface area contributed by atoms with Crippen molar-refractivity contribution in [2.24, 2.45) is 23.7 Å². The van der Waals surface area contributed by atoms with Crippen LogP contribution in [0.15, 0.2) is 12.2 Å². The van der Waals surface area contributed by atoms with Gasteiger partial charge in [0.1, 0.15) is 0 Å². The molecule has 2 unspecified atom stereocenters. The van der Waals surface area contributed by atoms with Crippen LogP contribution < -0.4 is 5.32 Å². The van der Waals surface area contributed by atoms with Crippen molar-refractivity contribution in [2.75, 3.05) is 40.4 Å². The highest BCUT2D eigenvalue weighted by Crippen LogP contribution is 2.48. The Labute approximate surface area is 125 Å². The van der Waals surface area contributed by atoms with Gasteiger partial charge in [0.15, 0.2) is 0 Å². The number of nitrogens with zero attached hydrogens (tertiary/aromatic N) is 1. The van der Waals surface area contributed by atoms with E-state index >= 15 is 0 Å². The van der Waals surface area contributed by atoms with E-state index in [-0.39, 0.29) is 17.7 Å². The molecule has 2 rings (SSSR count). The second-order valence-electron chi connectivity index (χ2n) is 5.93. The Bertz CT molecular complexity index is 424. The van der Waals surface area contributed by atoms with E-state index in [2.05, 4.69) is 10.2 Å². The Morgan fingerprint density at radius 3 is 2.57 bits per heavy atom. The molecule has 1 amide bonds. The fraction of sp³-hybridized carbons (Fsp3) is 0.733. The van der Waals surface area contributed by atoms with Crippen LogP contribution in [0.3, 0.4) is 0 Å². The molecule has 2 aliphatic carbocycles. The zero-order valence-electron chi connectivity index (χ0n) is 12.6. The van der Waals surface area contributed by atoms with Crippen molar-refractivity contribution >= 4 is 11.9 Å². The van der Waals surface area contributed by atoms with Crippen LogP contribution in [0.5, 0.6) is 0 Å². The molecule has 2 N–H and O–H groups in total. The quantitative estimate of drug-likeness (QED) is 0.626. The smallest absolute Gasteiger partial charge is 0.307 e. The summed E-state index contributed by atoms with van der Waals surface area (Å²) in [5.74, 6) is -1.86. The Hall–Kier alpha value is -1.40. The first-order valence-electron chi connectivity index (χ1n) is 7.41. The molecule has 0 aromatic rings. The van der Waals surface area contributed by atoms with E-state index in [1.165, 1.54) is 0 Å². The summed E-state index contributed by atoms with van der Waals surface area (Å²) in [7, 11) is 3.62. The minimum absolute atomic E-state index is 0.0210. The number of ether oxygens (including phenoxy) is 1. The molecule has 2 bridgehead atoms. The van der Waals surface area contributed by atoms with E-state index in [1.54, 1.807) is 7.11 Å². The van der Waals surface area contributed by atoms with Crippen LogP contribution in [0, 0.1) is 23.7 Å². The van der Waals surface area contributed by atoms with Gasteiger partial charge in [0, 0.05) is 26.7 Å². The Kier molecular flexibility index (Phi) is 5.36. The first kappa shape index (κ1) is 16.0. The maximum atomic E-state index is 12.3. The zero-order valence-corrected chi connectivity index (χ0v) is 12.6. The predicted octanol–water partition coefficient (Wildman–Crippen LogP) is 0.204. The molecule has 6 heteroatoms. The minimum Gasteiger partial charge on any atom is -0.481 e. The lowest BCUT2D eigenvalue weighted by Crippen LogP contribution is -2.42. The largest absolute Gasteiger partial charge is 0.481 e. The first-order chi connectivity index (χ1) is 10.0. The number of hydrogen-bond donors (Lipinski definition) is 2. The molecule has 118 valence electrons. The van der Waals surface area contributed by atoms with Crippen LogP contribution in [0.1, 0.15) is 6.42 Å². The number of amides is 1. The third-order valence-electron chi connectivity index (χ3n) is 4.52. The van der Waals surface area contributed by atoms with Crippen molar-refractivity contribution in [2.45, 2.75) is 6.42 Å². The summed E-state index contributed by atoms with van der Waals surface area (Å²) in [4.78, 5) is 25.7. The van der Waals surface area contributed by atoms with Crippen LogP contribution >= 0.6 is 0 Å².